The van der Waals surface area contributed by atoms with Crippen LogP contribution in [0.1, 0.15) is 20.8 Å². The van der Waals surface area contributed by atoms with Crippen molar-refractivity contribution in [3.63, 3.8) is 0 Å². The van der Waals surface area contributed by atoms with E-state index < -0.39 is 0 Å². The van der Waals surface area contributed by atoms with Crippen molar-refractivity contribution in [3.05, 3.63) is 83.3 Å². The van der Waals surface area contributed by atoms with Gasteiger partial charge in [-0.15, -0.1) is 0 Å². The number of likely N-dealkylation sites (N-methyl/N-ethyl adjacent to an activating group) is 1. The maximum atomic E-state index is 13.1. The van der Waals surface area contributed by atoms with Gasteiger partial charge in [0.2, 0.25) is 5.43 Å². The highest BCUT2D eigenvalue weighted by Crippen LogP contribution is 2.26. The molecule has 0 bridgehead atoms. The van der Waals surface area contributed by atoms with Crippen LogP contribution in [0.2, 0.25) is 0 Å². The van der Waals surface area contributed by atoms with Crippen LogP contribution in [0.3, 0.4) is 0 Å². The molecule has 7 heteroatoms. The maximum Gasteiger partial charge on any atom is 0.200 e. The van der Waals surface area contributed by atoms with Crippen molar-refractivity contribution in [2.45, 2.75) is 26.8 Å². The van der Waals surface area contributed by atoms with Crippen molar-refractivity contribution < 1.29 is 4.42 Å². The molecule has 2 aromatic heterocycles. The SMILES string of the molecule is C.CCSN(C)C.CN[C@H]1CCN(c2ccc(-c3coc4cc(-c5ccccc5)ccc4c3=O)cn2)C1. The number of benzene rings is 2. The number of rotatable bonds is 6. The molecule has 0 radical (unpaired) electrons. The largest absolute Gasteiger partial charge is 0.463 e. The van der Waals surface area contributed by atoms with Gasteiger partial charge in [-0.2, -0.15) is 0 Å². The third-order valence-corrected chi connectivity index (χ3v) is 7.02. The van der Waals surface area contributed by atoms with Gasteiger partial charge < -0.3 is 14.6 Å². The quantitative estimate of drug-likeness (QED) is 0.306. The lowest BCUT2D eigenvalue weighted by atomic mass is 10.0. The zero-order chi connectivity index (χ0) is 25.5. The number of hydrogen-bond acceptors (Lipinski definition) is 7. The number of hydrogen-bond donors (Lipinski definition) is 1. The second-order valence-electron chi connectivity index (χ2n) is 8.91. The Kier molecular flexibility index (Phi) is 10.3. The van der Waals surface area contributed by atoms with Crippen LogP contribution < -0.4 is 15.6 Å². The van der Waals surface area contributed by atoms with Crippen molar-refractivity contribution in [1.29, 1.82) is 0 Å². The molecule has 0 aliphatic carbocycles. The summed E-state index contributed by atoms with van der Waals surface area (Å²) in [5.41, 5.74) is 3.96. The van der Waals surface area contributed by atoms with Crippen LogP contribution in [0, 0.1) is 0 Å². The van der Waals surface area contributed by atoms with Gasteiger partial charge in [0.1, 0.15) is 17.7 Å². The van der Waals surface area contributed by atoms with Gasteiger partial charge in [0.05, 0.1) is 10.9 Å². The molecule has 1 aliphatic rings. The fraction of sp³-hybridized carbons (Fsp3) is 0.333. The Balaban J connectivity index is 0.000000489. The topological polar surface area (TPSA) is 61.6 Å². The molecule has 37 heavy (non-hydrogen) atoms. The fourth-order valence-electron chi connectivity index (χ4n) is 4.33. The summed E-state index contributed by atoms with van der Waals surface area (Å²) in [5.74, 6) is 2.11. The van der Waals surface area contributed by atoms with Gasteiger partial charge in [-0.25, -0.2) is 4.98 Å². The molecule has 1 N–H and O–H groups in total. The van der Waals surface area contributed by atoms with Crippen LogP contribution in [-0.2, 0) is 0 Å². The third kappa shape index (κ3) is 7.01. The second kappa shape index (κ2) is 13.4. The average molecular weight is 519 g/mol. The first kappa shape index (κ1) is 28.4. The minimum atomic E-state index is -0.0400. The summed E-state index contributed by atoms with van der Waals surface area (Å²) < 4.78 is 7.95. The fourth-order valence-corrected chi connectivity index (χ4v) is 4.85. The minimum Gasteiger partial charge on any atom is -0.463 e. The Morgan fingerprint density at radius 3 is 2.43 bits per heavy atom. The standard InChI is InChI=1S/C25H23N3O2.C4H11NS.CH4/c1-26-20-11-12-28(15-20)24-10-8-19(14-27-24)22-16-30-23-13-18(7-9-21(23)25(22)29)17-5-3-2-4-6-17;1-4-6-5(2)3;/h2-10,13-14,16,20,26H,11-12,15H2,1H3;4H2,1-3H3;1H4/t20-;;/m0../s1. The molecule has 0 spiro atoms. The van der Waals surface area contributed by atoms with Crippen LogP contribution in [0.15, 0.2) is 82.3 Å². The molecular formula is C30H38N4O2S. The molecule has 0 amide bonds. The summed E-state index contributed by atoms with van der Waals surface area (Å²) in [5, 5.41) is 3.89. The Morgan fingerprint density at radius 2 is 1.84 bits per heavy atom. The number of fused-ring (bicyclic) bond motifs is 1. The van der Waals surface area contributed by atoms with Crippen molar-refractivity contribution >= 4 is 28.7 Å². The first-order chi connectivity index (χ1) is 17.5. The smallest absolute Gasteiger partial charge is 0.200 e. The Hall–Kier alpha value is -3.13. The van der Waals surface area contributed by atoms with E-state index in [1.54, 1.807) is 12.5 Å². The summed E-state index contributed by atoms with van der Waals surface area (Å²) in [7, 11) is 6.09. The summed E-state index contributed by atoms with van der Waals surface area (Å²) in [6.45, 7) is 4.08. The summed E-state index contributed by atoms with van der Waals surface area (Å²) in [6, 6.07) is 20.2. The zero-order valence-corrected chi connectivity index (χ0v) is 22.2. The van der Waals surface area contributed by atoms with Gasteiger partial charge in [0.15, 0.2) is 0 Å². The molecule has 6 nitrogen and oxygen atoms in total. The average Bonchev–Trinajstić information content (AvgIpc) is 3.39. The van der Waals surface area contributed by atoms with E-state index in [2.05, 4.69) is 26.4 Å². The van der Waals surface area contributed by atoms with E-state index in [1.807, 2.05) is 93.8 Å². The van der Waals surface area contributed by atoms with E-state index in [9.17, 15) is 4.79 Å². The molecule has 5 rings (SSSR count). The number of nitrogens with one attached hydrogen (secondary N) is 1. The Morgan fingerprint density at radius 1 is 1.08 bits per heavy atom. The number of pyridine rings is 1. The summed E-state index contributed by atoms with van der Waals surface area (Å²) in [4.78, 5) is 20.0. The molecule has 0 unspecified atom stereocenters. The number of aromatic nitrogens is 1. The highest BCUT2D eigenvalue weighted by Gasteiger charge is 2.22. The minimum absolute atomic E-state index is 0. The number of anilines is 1. The summed E-state index contributed by atoms with van der Waals surface area (Å²) in [6.07, 6.45) is 4.42. The van der Waals surface area contributed by atoms with Crippen LogP contribution in [0.25, 0.3) is 33.2 Å². The normalized spacial score (nSPS) is 14.8. The molecule has 4 aromatic rings. The van der Waals surface area contributed by atoms with Crippen molar-refractivity contribution in [1.82, 2.24) is 14.6 Å². The predicted molar refractivity (Wildman–Crippen MR) is 159 cm³/mol. The van der Waals surface area contributed by atoms with Gasteiger partial charge in [-0.1, -0.05) is 62.7 Å². The molecule has 1 saturated heterocycles. The molecule has 196 valence electrons. The highest BCUT2D eigenvalue weighted by atomic mass is 32.2. The molecule has 1 atom stereocenters. The van der Waals surface area contributed by atoms with E-state index in [-0.39, 0.29) is 12.9 Å². The molecular weight excluding hydrogens is 480 g/mol. The molecule has 1 aliphatic heterocycles. The van der Waals surface area contributed by atoms with E-state index >= 15 is 0 Å². The Labute approximate surface area is 224 Å². The molecule has 1 fully saturated rings. The summed E-state index contributed by atoms with van der Waals surface area (Å²) >= 11 is 1.82. The zero-order valence-electron chi connectivity index (χ0n) is 21.4. The molecule has 3 heterocycles. The van der Waals surface area contributed by atoms with Gasteiger partial charge in [-0.05, 0) is 63.0 Å². The van der Waals surface area contributed by atoms with Gasteiger partial charge in [0, 0.05) is 36.6 Å². The van der Waals surface area contributed by atoms with Crippen LogP contribution in [-0.4, -0.2) is 55.3 Å². The van der Waals surface area contributed by atoms with Crippen molar-refractivity contribution in [3.8, 4) is 22.3 Å². The highest BCUT2D eigenvalue weighted by molar-refractivity contribution is 7.96. The maximum absolute atomic E-state index is 13.1. The van der Waals surface area contributed by atoms with E-state index in [1.165, 1.54) is 5.75 Å². The lowest BCUT2D eigenvalue weighted by molar-refractivity contribution is 0.604. The van der Waals surface area contributed by atoms with E-state index in [4.69, 9.17) is 4.42 Å². The Bertz CT molecular complexity index is 1320. The molecule has 2 aromatic carbocycles. The number of nitrogens with zero attached hydrogens (tertiary/aromatic N) is 3. The van der Waals surface area contributed by atoms with E-state index in [0.717, 1.165) is 42.0 Å². The van der Waals surface area contributed by atoms with E-state index in [0.29, 0.717) is 22.6 Å². The first-order valence-corrected chi connectivity index (χ1v) is 13.2. The first-order valence-electron chi connectivity index (χ1n) is 12.3. The second-order valence-corrected chi connectivity index (χ2v) is 10.5. The van der Waals surface area contributed by atoms with Gasteiger partial charge in [-0.3, -0.25) is 9.10 Å². The van der Waals surface area contributed by atoms with Crippen LogP contribution >= 0.6 is 11.9 Å². The lowest BCUT2D eigenvalue weighted by Gasteiger charge is -2.17. The third-order valence-electron chi connectivity index (χ3n) is 6.25. The monoisotopic (exact) mass is 518 g/mol. The predicted octanol–water partition coefficient (Wildman–Crippen LogP) is 6.17. The van der Waals surface area contributed by atoms with Gasteiger partial charge >= 0.3 is 0 Å². The van der Waals surface area contributed by atoms with Gasteiger partial charge in [0.25, 0.3) is 0 Å². The van der Waals surface area contributed by atoms with Crippen molar-refractivity contribution in [2.24, 2.45) is 0 Å². The van der Waals surface area contributed by atoms with Crippen LogP contribution in [0.5, 0.6) is 0 Å². The van der Waals surface area contributed by atoms with Crippen LogP contribution in [0.4, 0.5) is 5.82 Å². The molecule has 0 saturated carbocycles. The lowest BCUT2D eigenvalue weighted by Crippen LogP contribution is -2.29. The van der Waals surface area contributed by atoms with Crippen molar-refractivity contribution in [2.75, 3.05) is 44.9 Å².